The van der Waals surface area contributed by atoms with E-state index in [1.165, 1.54) is 42.0 Å². The summed E-state index contributed by atoms with van der Waals surface area (Å²) >= 11 is 0. The number of fused-ring (bicyclic) bond motifs is 1. The van der Waals surface area contributed by atoms with Gasteiger partial charge in [0.15, 0.2) is 0 Å². The van der Waals surface area contributed by atoms with Crippen molar-refractivity contribution in [1.29, 1.82) is 0 Å². The third kappa shape index (κ3) is 5.29. The van der Waals surface area contributed by atoms with Gasteiger partial charge in [0, 0.05) is 51.5 Å². The van der Waals surface area contributed by atoms with E-state index in [-0.39, 0.29) is 6.10 Å². The number of nitrogens with zero attached hydrogens (tertiary/aromatic N) is 2. The number of hydrogen-bond donors (Lipinski definition) is 1. The molecular formula is C27H37N3O3. The quantitative estimate of drug-likeness (QED) is 0.586. The maximum absolute atomic E-state index is 6.52. The summed E-state index contributed by atoms with van der Waals surface area (Å²) in [6.45, 7) is 8.36. The molecule has 0 unspecified atom stereocenters. The van der Waals surface area contributed by atoms with E-state index < -0.39 is 0 Å². The van der Waals surface area contributed by atoms with Gasteiger partial charge in [0.25, 0.3) is 0 Å². The molecule has 0 amide bonds. The van der Waals surface area contributed by atoms with Crippen LogP contribution in [0.5, 0.6) is 5.75 Å². The molecule has 0 aliphatic carbocycles. The van der Waals surface area contributed by atoms with Crippen LogP contribution in [0.25, 0.3) is 0 Å². The summed E-state index contributed by atoms with van der Waals surface area (Å²) in [5, 5.41) is 3.53. The Bertz CT molecular complexity index is 900. The highest BCUT2D eigenvalue weighted by Crippen LogP contribution is 2.34. The molecule has 0 spiro atoms. The summed E-state index contributed by atoms with van der Waals surface area (Å²) < 4.78 is 17.7. The lowest BCUT2D eigenvalue weighted by Gasteiger charge is -2.35. The molecule has 5 rings (SSSR count). The molecule has 6 nitrogen and oxygen atoms in total. The van der Waals surface area contributed by atoms with E-state index in [1.54, 1.807) is 7.11 Å². The number of anilines is 2. The van der Waals surface area contributed by atoms with E-state index in [4.69, 9.17) is 14.2 Å². The molecule has 0 saturated carbocycles. The fourth-order valence-electron chi connectivity index (χ4n) is 5.14. The Hall–Kier alpha value is -2.28. The zero-order valence-electron chi connectivity index (χ0n) is 19.8. The van der Waals surface area contributed by atoms with Gasteiger partial charge in [-0.1, -0.05) is 18.2 Å². The Labute approximate surface area is 197 Å². The van der Waals surface area contributed by atoms with Gasteiger partial charge >= 0.3 is 0 Å². The molecule has 0 aromatic heterocycles. The molecule has 6 heteroatoms. The van der Waals surface area contributed by atoms with Crippen LogP contribution in [0.3, 0.4) is 0 Å². The molecule has 33 heavy (non-hydrogen) atoms. The highest BCUT2D eigenvalue weighted by molar-refractivity contribution is 5.61. The maximum Gasteiger partial charge on any atom is 0.142 e. The van der Waals surface area contributed by atoms with Gasteiger partial charge in [-0.25, -0.2) is 0 Å². The molecule has 3 heterocycles. The average Bonchev–Trinajstić information content (AvgIpc) is 2.83. The Kier molecular flexibility index (Phi) is 7.34. The zero-order chi connectivity index (χ0) is 22.5. The van der Waals surface area contributed by atoms with E-state index in [1.807, 2.05) is 0 Å². The number of rotatable bonds is 9. The first-order chi connectivity index (χ1) is 16.3. The van der Waals surface area contributed by atoms with E-state index in [2.05, 4.69) is 57.6 Å². The lowest BCUT2D eigenvalue weighted by atomic mass is 9.87. The van der Waals surface area contributed by atoms with Gasteiger partial charge < -0.3 is 29.3 Å². The van der Waals surface area contributed by atoms with Crippen molar-refractivity contribution < 1.29 is 14.2 Å². The minimum Gasteiger partial charge on any atom is -0.490 e. The van der Waals surface area contributed by atoms with Gasteiger partial charge in [-0.2, -0.15) is 0 Å². The Morgan fingerprint density at radius 2 is 1.97 bits per heavy atom. The standard InChI is InChI=1S/C27H37N3O3/c1-31-16-3-14-30-15-17-32-26-9-4-21(18-25(26)30)20-33-27-19-28-11-10-24(27)22-5-7-23(8-6-22)29-12-2-13-29/h4-9,18,24,27-28H,2-3,10-17,19-20H2,1H3/t24-,27+/m1/s1. The summed E-state index contributed by atoms with van der Waals surface area (Å²) in [6, 6.07) is 15.7. The topological polar surface area (TPSA) is 46.2 Å². The molecule has 1 N–H and O–H groups in total. The first-order valence-corrected chi connectivity index (χ1v) is 12.5. The molecule has 2 saturated heterocycles. The van der Waals surface area contributed by atoms with Crippen molar-refractivity contribution in [2.24, 2.45) is 0 Å². The first kappa shape index (κ1) is 22.5. The molecule has 2 atom stereocenters. The molecule has 0 bridgehead atoms. The number of methoxy groups -OCH3 is 1. The summed E-state index contributed by atoms with van der Waals surface area (Å²) in [5.74, 6) is 1.41. The average molecular weight is 452 g/mol. The first-order valence-electron chi connectivity index (χ1n) is 12.5. The van der Waals surface area contributed by atoms with Gasteiger partial charge in [0.1, 0.15) is 12.4 Å². The van der Waals surface area contributed by atoms with Crippen LogP contribution < -0.4 is 19.9 Å². The molecule has 2 aromatic rings. The van der Waals surface area contributed by atoms with Crippen molar-refractivity contribution in [2.45, 2.75) is 37.9 Å². The number of nitrogens with one attached hydrogen (secondary N) is 1. The monoisotopic (exact) mass is 451 g/mol. The lowest BCUT2D eigenvalue weighted by Crippen LogP contribution is -2.41. The van der Waals surface area contributed by atoms with Gasteiger partial charge in [0.2, 0.25) is 0 Å². The van der Waals surface area contributed by atoms with Crippen LogP contribution >= 0.6 is 0 Å². The molecule has 2 aromatic carbocycles. The fourth-order valence-corrected chi connectivity index (χ4v) is 5.14. The summed E-state index contributed by atoms with van der Waals surface area (Å²) in [6.07, 6.45) is 3.62. The SMILES string of the molecule is COCCCN1CCOc2ccc(CO[C@H]3CNCC[C@@H]3c3ccc(N4CCC4)cc3)cc21. The van der Waals surface area contributed by atoms with Crippen LogP contribution in [0.2, 0.25) is 0 Å². The molecule has 3 aliphatic heterocycles. The van der Waals surface area contributed by atoms with Crippen molar-refractivity contribution in [3.8, 4) is 5.75 Å². The van der Waals surface area contributed by atoms with Crippen molar-refractivity contribution in [2.75, 3.05) is 69.4 Å². The van der Waals surface area contributed by atoms with Crippen molar-refractivity contribution >= 4 is 11.4 Å². The van der Waals surface area contributed by atoms with E-state index in [9.17, 15) is 0 Å². The second-order valence-corrected chi connectivity index (χ2v) is 9.36. The van der Waals surface area contributed by atoms with E-state index in [0.717, 1.165) is 58.0 Å². The number of benzene rings is 2. The maximum atomic E-state index is 6.52. The minimum absolute atomic E-state index is 0.179. The van der Waals surface area contributed by atoms with Crippen molar-refractivity contribution in [3.05, 3.63) is 53.6 Å². The molecule has 178 valence electrons. The Balaban J connectivity index is 1.23. The number of hydrogen-bond acceptors (Lipinski definition) is 6. The van der Waals surface area contributed by atoms with Crippen LogP contribution in [0.4, 0.5) is 11.4 Å². The van der Waals surface area contributed by atoms with Crippen LogP contribution in [-0.4, -0.2) is 65.7 Å². The molecule has 2 fully saturated rings. The smallest absolute Gasteiger partial charge is 0.142 e. The van der Waals surface area contributed by atoms with E-state index in [0.29, 0.717) is 12.5 Å². The third-order valence-electron chi connectivity index (χ3n) is 7.19. The summed E-state index contributed by atoms with van der Waals surface area (Å²) in [7, 11) is 1.76. The number of ether oxygens (including phenoxy) is 3. The van der Waals surface area contributed by atoms with Gasteiger partial charge in [-0.3, -0.25) is 0 Å². The number of piperidine rings is 1. The van der Waals surface area contributed by atoms with Crippen LogP contribution in [0, 0.1) is 0 Å². The minimum atomic E-state index is 0.179. The Morgan fingerprint density at radius 3 is 2.76 bits per heavy atom. The van der Waals surface area contributed by atoms with E-state index >= 15 is 0 Å². The van der Waals surface area contributed by atoms with Crippen molar-refractivity contribution in [1.82, 2.24) is 5.32 Å². The fraction of sp³-hybridized carbons (Fsp3) is 0.556. The van der Waals surface area contributed by atoms with Crippen LogP contribution in [0.15, 0.2) is 42.5 Å². The summed E-state index contributed by atoms with van der Waals surface area (Å²) in [5.41, 5.74) is 5.13. The molecule has 0 radical (unpaired) electrons. The highest BCUT2D eigenvalue weighted by Gasteiger charge is 2.28. The van der Waals surface area contributed by atoms with Crippen molar-refractivity contribution in [3.63, 3.8) is 0 Å². The third-order valence-corrected chi connectivity index (χ3v) is 7.19. The van der Waals surface area contributed by atoms with Gasteiger partial charge in [-0.05, 0) is 61.2 Å². The lowest BCUT2D eigenvalue weighted by molar-refractivity contribution is 0.0106. The highest BCUT2D eigenvalue weighted by atomic mass is 16.5. The second kappa shape index (κ2) is 10.8. The normalized spacial score (nSPS) is 22.5. The molecule has 3 aliphatic rings. The summed E-state index contributed by atoms with van der Waals surface area (Å²) in [4.78, 5) is 4.85. The van der Waals surface area contributed by atoms with Crippen LogP contribution in [0.1, 0.15) is 36.3 Å². The Morgan fingerprint density at radius 1 is 1.09 bits per heavy atom. The second-order valence-electron chi connectivity index (χ2n) is 9.36. The zero-order valence-corrected chi connectivity index (χ0v) is 19.8. The van der Waals surface area contributed by atoms with Gasteiger partial charge in [0.05, 0.1) is 24.9 Å². The largest absolute Gasteiger partial charge is 0.490 e. The van der Waals surface area contributed by atoms with Crippen LogP contribution in [-0.2, 0) is 16.1 Å². The molecular weight excluding hydrogens is 414 g/mol. The van der Waals surface area contributed by atoms with Gasteiger partial charge in [-0.15, -0.1) is 0 Å². The predicted molar refractivity (Wildman–Crippen MR) is 133 cm³/mol. The predicted octanol–water partition coefficient (Wildman–Crippen LogP) is 3.79.